The normalized spacial score (nSPS) is 26.4. The van der Waals surface area contributed by atoms with E-state index in [1.807, 2.05) is 7.05 Å². The van der Waals surface area contributed by atoms with E-state index in [1.165, 1.54) is 25.5 Å². The summed E-state index contributed by atoms with van der Waals surface area (Å²) < 4.78 is 22.2. The molecule has 0 aliphatic carbocycles. The van der Waals surface area contributed by atoms with Crippen molar-refractivity contribution in [1.82, 2.24) is 10.2 Å². The fourth-order valence-electron chi connectivity index (χ4n) is 2.39. The summed E-state index contributed by atoms with van der Waals surface area (Å²) in [6.45, 7) is 4.93. The Kier molecular flexibility index (Phi) is 5.89. The Morgan fingerprint density at radius 1 is 1.41 bits per heavy atom. The quantitative estimate of drug-likeness (QED) is 0.767. The first-order valence-corrected chi connectivity index (χ1v) is 8.56. The maximum absolute atomic E-state index is 11.1. The van der Waals surface area contributed by atoms with Crippen molar-refractivity contribution in [2.45, 2.75) is 32.2 Å². The summed E-state index contributed by atoms with van der Waals surface area (Å²) in [7, 11) is -0.835. The number of nitrogens with zero attached hydrogens (tertiary/aromatic N) is 1. The Balaban J connectivity index is 2.28. The average molecular weight is 262 g/mol. The number of nitrogens with one attached hydrogen (secondary N) is 1. The second kappa shape index (κ2) is 6.71. The van der Waals surface area contributed by atoms with Crippen LogP contribution in [0.25, 0.3) is 0 Å². The van der Waals surface area contributed by atoms with Gasteiger partial charge in [-0.25, -0.2) is 8.42 Å². The van der Waals surface area contributed by atoms with Gasteiger partial charge in [0.2, 0.25) is 0 Å². The molecule has 1 fully saturated rings. The van der Waals surface area contributed by atoms with Gasteiger partial charge in [-0.1, -0.05) is 13.3 Å². The molecule has 0 amide bonds. The zero-order valence-electron chi connectivity index (χ0n) is 11.3. The van der Waals surface area contributed by atoms with Crippen LogP contribution in [-0.4, -0.2) is 58.1 Å². The largest absolute Gasteiger partial charge is 0.313 e. The molecule has 1 heterocycles. The minimum absolute atomic E-state index is 0.257. The van der Waals surface area contributed by atoms with Crippen molar-refractivity contribution in [2.24, 2.45) is 5.92 Å². The van der Waals surface area contributed by atoms with Gasteiger partial charge in [0.15, 0.2) is 0 Å². The first-order valence-electron chi connectivity index (χ1n) is 6.50. The maximum atomic E-state index is 11.1. The van der Waals surface area contributed by atoms with Crippen LogP contribution in [0, 0.1) is 5.92 Å². The first kappa shape index (κ1) is 14.9. The summed E-state index contributed by atoms with van der Waals surface area (Å²) in [4.78, 5) is 2.12. The Hall–Kier alpha value is -0.130. The van der Waals surface area contributed by atoms with E-state index in [9.17, 15) is 8.42 Å². The lowest BCUT2D eigenvalue weighted by Gasteiger charge is -2.32. The number of hydrogen-bond acceptors (Lipinski definition) is 4. The highest BCUT2D eigenvalue weighted by atomic mass is 32.2. The standard InChI is InChI=1S/C12H26N2O2S/c1-4-11-5-6-13-12(9-11)10-14(2)7-8-17(3,15)16/h11-13H,4-10H2,1-3H3. The summed E-state index contributed by atoms with van der Waals surface area (Å²) in [5.74, 6) is 1.09. The number of rotatable bonds is 6. The zero-order chi connectivity index (χ0) is 12.9. The van der Waals surface area contributed by atoms with Crippen LogP contribution in [0.15, 0.2) is 0 Å². The van der Waals surface area contributed by atoms with Crippen LogP contribution in [0.5, 0.6) is 0 Å². The predicted molar refractivity (Wildman–Crippen MR) is 72.0 cm³/mol. The summed E-state index contributed by atoms with van der Waals surface area (Å²) in [6, 6.07) is 0.526. The Morgan fingerprint density at radius 3 is 2.71 bits per heavy atom. The lowest BCUT2D eigenvalue weighted by Crippen LogP contribution is -2.45. The van der Waals surface area contributed by atoms with E-state index in [4.69, 9.17) is 0 Å². The highest BCUT2D eigenvalue weighted by molar-refractivity contribution is 7.90. The summed E-state index contributed by atoms with van der Waals surface area (Å²) in [6.07, 6.45) is 5.05. The van der Waals surface area contributed by atoms with E-state index in [-0.39, 0.29) is 5.75 Å². The zero-order valence-corrected chi connectivity index (χ0v) is 12.1. The molecule has 1 aliphatic rings. The summed E-state index contributed by atoms with van der Waals surface area (Å²) >= 11 is 0. The monoisotopic (exact) mass is 262 g/mol. The van der Waals surface area contributed by atoms with Gasteiger partial charge in [-0.2, -0.15) is 0 Å². The molecule has 2 atom stereocenters. The van der Waals surface area contributed by atoms with Crippen molar-refractivity contribution in [1.29, 1.82) is 0 Å². The van der Waals surface area contributed by atoms with Gasteiger partial charge in [-0.3, -0.25) is 0 Å². The Bertz CT molecular complexity index is 316. The van der Waals surface area contributed by atoms with Crippen molar-refractivity contribution in [3.63, 3.8) is 0 Å². The van der Waals surface area contributed by atoms with E-state index in [0.29, 0.717) is 12.6 Å². The van der Waals surface area contributed by atoms with E-state index in [2.05, 4.69) is 17.1 Å². The Morgan fingerprint density at radius 2 is 2.12 bits per heavy atom. The molecule has 1 N–H and O–H groups in total. The van der Waals surface area contributed by atoms with Crippen molar-refractivity contribution in [2.75, 3.05) is 38.7 Å². The number of likely N-dealkylation sites (N-methyl/N-ethyl adjacent to an activating group) is 1. The molecule has 4 nitrogen and oxygen atoms in total. The molecule has 0 saturated carbocycles. The number of sulfone groups is 1. The van der Waals surface area contributed by atoms with Gasteiger partial charge in [0.05, 0.1) is 5.75 Å². The van der Waals surface area contributed by atoms with Crippen LogP contribution in [0.1, 0.15) is 26.2 Å². The third-order valence-corrected chi connectivity index (χ3v) is 4.48. The van der Waals surface area contributed by atoms with E-state index >= 15 is 0 Å². The highest BCUT2D eigenvalue weighted by Gasteiger charge is 2.21. The number of hydrogen-bond donors (Lipinski definition) is 1. The summed E-state index contributed by atoms with van der Waals surface area (Å²) in [5.41, 5.74) is 0. The molecular weight excluding hydrogens is 236 g/mol. The van der Waals surface area contributed by atoms with E-state index < -0.39 is 9.84 Å². The highest BCUT2D eigenvalue weighted by Crippen LogP contribution is 2.19. The molecule has 0 aromatic rings. The molecular formula is C12H26N2O2S. The molecule has 17 heavy (non-hydrogen) atoms. The van der Waals surface area contributed by atoms with Gasteiger partial charge < -0.3 is 10.2 Å². The van der Waals surface area contributed by atoms with Crippen molar-refractivity contribution in [3.8, 4) is 0 Å². The van der Waals surface area contributed by atoms with Crippen LogP contribution in [0.4, 0.5) is 0 Å². The lowest BCUT2D eigenvalue weighted by atomic mass is 9.90. The SMILES string of the molecule is CCC1CCNC(CN(C)CCS(C)(=O)=O)C1. The van der Waals surface area contributed by atoms with Gasteiger partial charge in [-0.15, -0.1) is 0 Å². The maximum Gasteiger partial charge on any atom is 0.148 e. The lowest BCUT2D eigenvalue weighted by molar-refractivity contribution is 0.230. The van der Waals surface area contributed by atoms with Crippen LogP contribution in [-0.2, 0) is 9.84 Å². The fraction of sp³-hybridized carbons (Fsp3) is 1.00. The van der Waals surface area contributed by atoms with Crippen LogP contribution < -0.4 is 5.32 Å². The van der Waals surface area contributed by atoms with Crippen LogP contribution in [0.3, 0.4) is 0 Å². The van der Waals surface area contributed by atoms with Crippen molar-refractivity contribution >= 4 is 9.84 Å². The van der Waals surface area contributed by atoms with Crippen molar-refractivity contribution in [3.05, 3.63) is 0 Å². The second-order valence-corrected chi connectivity index (χ2v) is 7.60. The fourth-order valence-corrected chi connectivity index (χ4v) is 3.04. The molecule has 102 valence electrons. The minimum Gasteiger partial charge on any atom is -0.313 e. The molecule has 1 rings (SSSR count). The molecule has 2 unspecified atom stereocenters. The first-order chi connectivity index (χ1) is 7.90. The third-order valence-electron chi connectivity index (χ3n) is 3.56. The molecule has 1 aliphatic heterocycles. The van der Waals surface area contributed by atoms with Gasteiger partial charge in [0.25, 0.3) is 0 Å². The van der Waals surface area contributed by atoms with Gasteiger partial charge in [-0.05, 0) is 32.4 Å². The van der Waals surface area contributed by atoms with Gasteiger partial charge in [0, 0.05) is 25.4 Å². The molecule has 0 bridgehead atoms. The molecule has 5 heteroatoms. The molecule has 0 radical (unpaired) electrons. The predicted octanol–water partition coefficient (Wildman–Crippen LogP) is 0.741. The average Bonchev–Trinajstić information content (AvgIpc) is 2.26. The molecule has 1 saturated heterocycles. The van der Waals surface area contributed by atoms with E-state index in [0.717, 1.165) is 19.0 Å². The molecule has 0 aromatic heterocycles. The van der Waals surface area contributed by atoms with Crippen LogP contribution >= 0.6 is 0 Å². The number of piperidine rings is 1. The Labute approximate surface area is 106 Å². The van der Waals surface area contributed by atoms with Gasteiger partial charge >= 0.3 is 0 Å². The smallest absolute Gasteiger partial charge is 0.148 e. The molecule has 0 aromatic carbocycles. The van der Waals surface area contributed by atoms with Crippen LogP contribution in [0.2, 0.25) is 0 Å². The molecule has 0 spiro atoms. The third kappa shape index (κ3) is 6.38. The minimum atomic E-state index is -2.84. The van der Waals surface area contributed by atoms with Gasteiger partial charge in [0.1, 0.15) is 9.84 Å². The topological polar surface area (TPSA) is 49.4 Å². The second-order valence-electron chi connectivity index (χ2n) is 5.34. The summed E-state index contributed by atoms with van der Waals surface area (Å²) in [5, 5.41) is 3.52. The van der Waals surface area contributed by atoms with E-state index in [1.54, 1.807) is 0 Å². The van der Waals surface area contributed by atoms with Crippen molar-refractivity contribution < 1.29 is 8.42 Å².